The number of ketones is 1. The lowest BCUT2D eigenvalue weighted by Crippen LogP contribution is -2.68. The molecule has 2 atom stereocenters. The molecule has 24 heavy (non-hydrogen) atoms. The molecule has 8 heteroatoms. The van der Waals surface area contributed by atoms with Crippen LogP contribution in [0.1, 0.15) is 17.3 Å². The van der Waals surface area contributed by atoms with Gasteiger partial charge in [-0.1, -0.05) is 30.3 Å². The van der Waals surface area contributed by atoms with E-state index in [1.54, 1.807) is 37.3 Å². The van der Waals surface area contributed by atoms with Crippen molar-refractivity contribution in [2.24, 2.45) is 5.73 Å². The molecule has 2 aliphatic rings. The topological polar surface area (TPSA) is 89.7 Å². The first-order chi connectivity index (χ1) is 11.0. The van der Waals surface area contributed by atoms with Crippen LogP contribution in [0.5, 0.6) is 0 Å². The van der Waals surface area contributed by atoms with E-state index in [4.69, 9.17) is 10.5 Å². The highest BCUT2D eigenvalue weighted by molar-refractivity contribution is 8.00. The zero-order valence-electron chi connectivity index (χ0n) is 12.9. The maximum absolute atomic E-state index is 12.3. The first kappa shape index (κ1) is 18.5. The van der Waals surface area contributed by atoms with E-state index in [9.17, 15) is 14.4 Å². The van der Waals surface area contributed by atoms with E-state index >= 15 is 0 Å². The van der Waals surface area contributed by atoms with Crippen LogP contribution in [0, 0.1) is 0 Å². The number of esters is 1. The highest BCUT2D eigenvalue weighted by Crippen LogP contribution is 2.39. The molecule has 0 spiro atoms. The number of rotatable bonds is 4. The van der Waals surface area contributed by atoms with Crippen molar-refractivity contribution in [3.63, 3.8) is 0 Å². The standard InChI is InChI=1S/C16H16N2O4S.ClH/c1-9-8-23-15-12(17)14(20)18(15)13(9)16(21)22-7-11(19)10-5-3-2-4-6-10;/h2-6,12,15H,7-8,17H2,1H3;1H/t12?,15-;/m0./s1. The van der Waals surface area contributed by atoms with Crippen LogP contribution in [-0.2, 0) is 14.3 Å². The molecule has 1 aromatic carbocycles. The average molecular weight is 369 g/mol. The molecule has 0 bridgehead atoms. The molecule has 0 radical (unpaired) electrons. The third-order valence-electron chi connectivity index (χ3n) is 3.82. The molecule has 3 rings (SSSR count). The summed E-state index contributed by atoms with van der Waals surface area (Å²) in [5.41, 5.74) is 7.20. The van der Waals surface area contributed by atoms with Gasteiger partial charge in [-0.3, -0.25) is 14.5 Å². The van der Waals surface area contributed by atoms with Gasteiger partial charge in [-0.15, -0.1) is 24.2 Å². The Morgan fingerprint density at radius 2 is 2.00 bits per heavy atom. The summed E-state index contributed by atoms with van der Waals surface area (Å²) in [6.07, 6.45) is 0. The number of hydrogen-bond donors (Lipinski definition) is 1. The van der Waals surface area contributed by atoms with Crippen LogP contribution in [0.25, 0.3) is 0 Å². The minimum absolute atomic E-state index is 0. The second-order valence-corrected chi connectivity index (χ2v) is 6.53. The predicted octanol–water partition coefficient (Wildman–Crippen LogP) is 1.35. The van der Waals surface area contributed by atoms with E-state index in [0.29, 0.717) is 11.3 Å². The Labute approximate surface area is 149 Å². The van der Waals surface area contributed by atoms with Gasteiger partial charge in [0.1, 0.15) is 17.1 Å². The van der Waals surface area contributed by atoms with Crippen molar-refractivity contribution in [3.8, 4) is 0 Å². The van der Waals surface area contributed by atoms with E-state index in [0.717, 1.165) is 5.57 Å². The van der Waals surface area contributed by atoms with E-state index in [-0.39, 0.29) is 41.8 Å². The highest BCUT2D eigenvalue weighted by atomic mass is 35.5. The third kappa shape index (κ3) is 3.19. The fraction of sp³-hybridized carbons (Fsp3) is 0.312. The van der Waals surface area contributed by atoms with Gasteiger partial charge in [0.25, 0.3) is 0 Å². The fourth-order valence-electron chi connectivity index (χ4n) is 2.57. The largest absolute Gasteiger partial charge is 0.453 e. The van der Waals surface area contributed by atoms with Crippen LogP contribution in [0.15, 0.2) is 41.6 Å². The minimum Gasteiger partial charge on any atom is -0.453 e. The monoisotopic (exact) mass is 368 g/mol. The maximum Gasteiger partial charge on any atom is 0.355 e. The van der Waals surface area contributed by atoms with Crippen LogP contribution in [0.3, 0.4) is 0 Å². The summed E-state index contributed by atoms with van der Waals surface area (Å²) >= 11 is 1.52. The lowest BCUT2D eigenvalue weighted by Gasteiger charge is -2.48. The Bertz CT molecular complexity index is 707. The number of amides is 1. The van der Waals surface area contributed by atoms with Gasteiger partial charge in [0.2, 0.25) is 5.91 Å². The number of carbonyl (C=O) groups excluding carboxylic acids is 3. The first-order valence-corrected chi connectivity index (χ1v) is 8.21. The first-order valence-electron chi connectivity index (χ1n) is 7.16. The summed E-state index contributed by atoms with van der Waals surface area (Å²) < 4.78 is 5.11. The highest BCUT2D eigenvalue weighted by Gasteiger charge is 2.51. The number of halogens is 1. The average Bonchev–Trinajstić information content (AvgIpc) is 2.59. The van der Waals surface area contributed by atoms with E-state index < -0.39 is 12.0 Å². The quantitative estimate of drug-likeness (QED) is 0.490. The van der Waals surface area contributed by atoms with Crippen LogP contribution in [0.2, 0.25) is 0 Å². The van der Waals surface area contributed by atoms with Gasteiger partial charge < -0.3 is 10.5 Å². The number of benzene rings is 1. The smallest absolute Gasteiger partial charge is 0.355 e. The summed E-state index contributed by atoms with van der Waals surface area (Å²) in [4.78, 5) is 37.6. The van der Waals surface area contributed by atoms with Crippen molar-refractivity contribution < 1.29 is 19.1 Å². The lowest BCUT2D eigenvalue weighted by atomic mass is 10.0. The number of nitrogens with zero attached hydrogens (tertiary/aromatic N) is 1. The molecular formula is C16H17ClN2O4S. The SMILES string of the molecule is CC1=C(C(=O)OCC(=O)c2ccccc2)N2C(=O)C(N)[C@@H]2SC1.Cl. The summed E-state index contributed by atoms with van der Waals surface area (Å²) in [6.45, 7) is 1.42. The Balaban J connectivity index is 0.00000208. The predicted molar refractivity (Wildman–Crippen MR) is 92.7 cm³/mol. The zero-order chi connectivity index (χ0) is 16.6. The van der Waals surface area contributed by atoms with Crippen LogP contribution in [0.4, 0.5) is 0 Å². The van der Waals surface area contributed by atoms with Gasteiger partial charge in [0, 0.05) is 11.3 Å². The molecule has 1 fully saturated rings. The Morgan fingerprint density at radius 1 is 1.33 bits per heavy atom. The molecule has 0 saturated carbocycles. The molecule has 2 aliphatic heterocycles. The number of β-lactam (4-membered cyclic amide) rings is 1. The molecule has 1 saturated heterocycles. The minimum atomic E-state index is -0.655. The Kier molecular flexibility index (Phi) is 5.69. The van der Waals surface area contributed by atoms with Crippen LogP contribution >= 0.6 is 24.2 Å². The molecule has 2 heterocycles. The number of hydrogen-bond acceptors (Lipinski definition) is 6. The molecule has 1 unspecified atom stereocenters. The molecule has 0 aromatic heterocycles. The van der Waals surface area contributed by atoms with Crippen molar-refractivity contribution in [1.29, 1.82) is 0 Å². The third-order valence-corrected chi connectivity index (χ3v) is 5.27. The summed E-state index contributed by atoms with van der Waals surface area (Å²) in [7, 11) is 0. The van der Waals surface area contributed by atoms with E-state index in [1.807, 2.05) is 0 Å². The van der Waals surface area contributed by atoms with Gasteiger partial charge >= 0.3 is 5.97 Å². The second kappa shape index (κ2) is 7.38. The van der Waals surface area contributed by atoms with Crippen LogP contribution in [-0.4, -0.2) is 46.3 Å². The van der Waals surface area contributed by atoms with E-state index in [1.165, 1.54) is 16.7 Å². The number of thioether (sulfide) groups is 1. The second-order valence-electron chi connectivity index (χ2n) is 5.43. The van der Waals surface area contributed by atoms with Gasteiger partial charge in [-0.25, -0.2) is 4.79 Å². The van der Waals surface area contributed by atoms with E-state index in [2.05, 4.69) is 0 Å². The summed E-state index contributed by atoms with van der Waals surface area (Å²) in [5.74, 6) is -0.620. The molecule has 2 N–H and O–H groups in total. The molecule has 128 valence electrons. The molecule has 1 aromatic rings. The Hall–Kier alpha value is -1.83. The molecule has 0 aliphatic carbocycles. The number of ether oxygens (including phenoxy) is 1. The normalized spacial score (nSPS) is 22.2. The number of Topliss-reactive ketones (excluding diaryl/α,β-unsaturated/α-hetero) is 1. The molecular weight excluding hydrogens is 352 g/mol. The van der Waals surface area contributed by atoms with Gasteiger partial charge in [-0.05, 0) is 12.5 Å². The van der Waals surface area contributed by atoms with Gasteiger partial charge in [0.15, 0.2) is 12.4 Å². The van der Waals surface area contributed by atoms with Crippen molar-refractivity contribution >= 4 is 41.8 Å². The lowest BCUT2D eigenvalue weighted by molar-refractivity contribution is -0.150. The Morgan fingerprint density at radius 3 is 2.67 bits per heavy atom. The van der Waals surface area contributed by atoms with Crippen molar-refractivity contribution in [3.05, 3.63) is 47.2 Å². The fourth-order valence-corrected chi connectivity index (χ4v) is 3.81. The van der Waals surface area contributed by atoms with Crippen molar-refractivity contribution in [2.75, 3.05) is 12.4 Å². The number of fused-ring (bicyclic) bond motifs is 1. The number of carbonyl (C=O) groups is 3. The van der Waals surface area contributed by atoms with Gasteiger partial charge in [-0.2, -0.15) is 0 Å². The van der Waals surface area contributed by atoms with Gasteiger partial charge in [0.05, 0.1) is 0 Å². The summed E-state index contributed by atoms with van der Waals surface area (Å²) in [5, 5.41) is -0.224. The summed E-state index contributed by atoms with van der Waals surface area (Å²) in [6, 6.07) is 8.02. The zero-order valence-corrected chi connectivity index (χ0v) is 14.6. The molecule has 1 amide bonds. The van der Waals surface area contributed by atoms with Crippen molar-refractivity contribution in [1.82, 2.24) is 4.90 Å². The van der Waals surface area contributed by atoms with Crippen LogP contribution < -0.4 is 5.73 Å². The molecule has 6 nitrogen and oxygen atoms in total. The maximum atomic E-state index is 12.3. The van der Waals surface area contributed by atoms with Crippen molar-refractivity contribution in [2.45, 2.75) is 18.3 Å². The number of nitrogens with two attached hydrogens (primary N) is 1.